The lowest BCUT2D eigenvalue weighted by atomic mass is 9.82. The highest BCUT2D eigenvalue weighted by molar-refractivity contribution is 5.77. The van der Waals surface area contributed by atoms with Crippen molar-refractivity contribution in [2.75, 3.05) is 18.4 Å². The van der Waals surface area contributed by atoms with Crippen molar-refractivity contribution < 1.29 is 13.6 Å². The van der Waals surface area contributed by atoms with E-state index in [1.807, 2.05) is 0 Å². The Morgan fingerprint density at radius 3 is 2.96 bits per heavy atom. The highest BCUT2D eigenvalue weighted by atomic mass is 19.3. The van der Waals surface area contributed by atoms with Crippen molar-refractivity contribution in [3.05, 3.63) is 24.0 Å². The number of nitrogens with one attached hydrogen (secondary N) is 1. The lowest BCUT2D eigenvalue weighted by Crippen LogP contribution is -2.38. The molecule has 3 rings (SSSR count). The number of carbonyl (C=O) groups excluding carboxylic acids is 1. The van der Waals surface area contributed by atoms with Gasteiger partial charge in [-0.2, -0.15) is 5.26 Å². The molecule has 7 heteroatoms. The second-order valence-corrected chi connectivity index (χ2v) is 6.95. The maximum atomic E-state index is 13.3. The molecular formula is C18H22F2N4O. The average molecular weight is 348 g/mol. The third-order valence-electron chi connectivity index (χ3n) is 5.15. The van der Waals surface area contributed by atoms with E-state index in [2.05, 4.69) is 16.4 Å². The lowest BCUT2D eigenvalue weighted by molar-refractivity contribution is -0.133. The Labute approximate surface area is 146 Å². The molecule has 0 bridgehead atoms. The molecule has 2 atom stereocenters. The van der Waals surface area contributed by atoms with Gasteiger partial charge in [0.05, 0.1) is 17.8 Å². The highest BCUT2D eigenvalue weighted by Gasteiger charge is 2.41. The summed E-state index contributed by atoms with van der Waals surface area (Å²) in [7, 11) is 0. The van der Waals surface area contributed by atoms with Crippen molar-refractivity contribution in [2.24, 2.45) is 5.92 Å². The molecule has 0 aromatic carbocycles. The van der Waals surface area contributed by atoms with E-state index in [0.717, 1.165) is 31.4 Å². The van der Waals surface area contributed by atoms with Gasteiger partial charge in [-0.15, -0.1) is 0 Å². The summed E-state index contributed by atoms with van der Waals surface area (Å²) >= 11 is 0. The molecule has 0 radical (unpaired) electrons. The maximum absolute atomic E-state index is 13.3. The van der Waals surface area contributed by atoms with Gasteiger partial charge < -0.3 is 10.2 Å². The fourth-order valence-electron chi connectivity index (χ4n) is 3.75. The number of anilines is 1. The van der Waals surface area contributed by atoms with Crippen LogP contribution in [0.2, 0.25) is 0 Å². The molecule has 2 aliphatic rings. The van der Waals surface area contributed by atoms with Crippen LogP contribution in [0.25, 0.3) is 0 Å². The Morgan fingerprint density at radius 1 is 1.44 bits per heavy atom. The van der Waals surface area contributed by atoms with Crippen LogP contribution in [0.1, 0.15) is 44.1 Å². The summed E-state index contributed by atoms with van der Waals surface area (Å²) in [5, 5.41) is 12.6. The van der Waals surface area contributed by atoms with Gasteiger partial charge in [0.15, 0.2) is 0 Å². The van der Waals surface area contributed by atoms with E-state index in [0.29, 0.717) is 5.56 Å². The molecule has 1 N–H and O–H groups in total. The molecule has 134 valence electrons. The standard InChI is InChI=1S/C18H22F2N4O/c19-18(20)6-8-24(12-18)17(25)9-13-3-1-2-4-15(13)23-16-5-7-22-11-14(16)10-21/h5,7,11,13,15H,1-4,6,8-9,12H2,(H,22,23)/t13-,15-/m0/s1. The van der Waals surface area contributed by atoms with Gasteiger partial charge >= 0.3 is 0 Å². The predicted octanol–water partition coefficient (Wildman–Crippen LogP) is 3.18. The number of carbonyl (C=O) groups is 1. The van der Waals surface area contributed by atoms with Gasteiger partial charge in [0.1, 0.15) is 6.07 Å². The number of nitriles is 1. The summed E-state index contributed by atoms with van der Waals surface area (Å²) < 4.78 is 26.7. The van der Waals surface area contributed by atoms with E-state index in [-0.39, 0.29) is 37.3 Å². The van der Waals surface area contributed by atoms with E-state index in [4.69, 9.17) is 0 Å². The van der Waals surface area contributed by atoms with Gasteiger partial charge in [-0.1, -0.05) is 12.8 Å². The highest BCUT2D eigenvalue weighted by Crippen LogP contribution is 2.33. The van der Waals surface area contributed by atoms with Crippen molar-refractivity contribution in [2.45, 2.75) is 50.5 Å². The van der Waals surface area contributed by atoms with Crippen LogP contribution in [0.3, 0.4) is 0 Å². The number of pyridine rings is 1. The lowest BCUT2D eigenvalue weighted by Gasteiger charge is -2.33. The van der Waals surface area contributed by atoms with Crippen molar-refractivity contribution >= 4 is 11.6 Å². The Hall–Kier alpha value is -2.23. The summed E-state index contributed by atoms with van der Waals surface area (Å²) in [5.74, 6) is -2.85. The minimum Gasteiger partial charge on any atom is -0.381 e. The van der Waals surface area contributed by atoms with Crippen molar-refractivity contribution in [1.29, 1.82) is 5.26 Å². The molecule has 1 amide bonds. The summed E-state index contributed by atoms with van der Waals surface area (Å²) in [6.07, 6.45) is 7.05. The number of hydrogen-bond acceptors (Lipinski definition) is 4. The van der Waals surface area contributed by atoms with Crippen LogP contribution in [-0.2, 0) is 4.79 Å². The molecule has 2 fully saturated rings. The quantitative estimate of drug-likeness (QED) is 0.907. The molecule has 25 heavy (non-hydrogen) atoms. The van der Waals surface area contributed by atoms with E-state index in [1.165, 1.54) is 11.1 Å². The van der Waals surface area contributed by atoms with Gasteiger partial charge in [-0.05, 0) is 24.8 Å². The van der Waals surface area contributed by atoms with Crippen LogP contribution in [0.5, 0.6) is 0 Å². The molecule has 5 nitrogen and oxygen atoms in total. The van der Waals surface area contributed by atoms with Gasteiger partial charge in [-0.25, -0.2) is 8.78 Å². The first-order valence-corrected chi connectivity index (χ1v) is 8.75. The molecule has 0 spiro atoms. The van der Waals surface area contributed by atoms with E-state index >= 15 is 0 Å². The van der Waals surface area contributed by atoms with Crippen LogP contribution in [-0.4, -0.2) is 40.8 Å². The van der Waals surface area contributed by atoms with Gasteiger partial charge in [0.25, 0.3) is 5.92 Å². The molecule has 1 aromatic rings. The summed E-state index contributed by atoms with van der Waals surface area (Å²) in [6, 6.07) is 3.93. The topological polar surface area (TPSA) is 69.0 Å². The second-order valence-electron chi connectivity index (χ2n) is 6.95. The number of halogens is 2. The molecule has 1 saturated carbocycles. The molecule has 1 aromatic heterocycles. The number of rotatable bonds is 4. The average Bonchev–Trinajstić information content (AvgIpc) is 2.97. The van der Waals surface area contributed by atoms with Crippen molar-refractivity contribution in [3.8, 4) is 6.07 Å². The number of alkyl halides is 2. The van der Waals surface area contributed by atoms with E-state index in [9.17, 15) is 18.8 Å². The fourth-order valence-corrected chi connectivity index (χ4v) is 3.75. The van der Waals surface area contributed by atoms with Crippen molar-refractivity contribution in [3.63, 3.8) is 0 Å². The number of likely N-dealkylation sites (tertiary alicyclic amines) is 1. The zero-order valence-electron chi connectivity index (χ0n) is 14.0. The SMILES string of the molecule is N#Cc1cnccc1N[C@H]1CCCC[C@H]1CC(=O)N1CCC(F)(F)C1. The third kappa shape index (κ3) is 4.25. The minimum atomic E-state index is -2.75. The third-order valence-corrected chi connectivity index (χ3v) is 5.15. The fraction of sp³-hybridized carbons (Fsp3) is 0.611. The Bertz CT molecular complexity index is 673. The molecule has 0 unspecified atom stereocenters. The van der Waals surface area contributed by atoms with Gasteiger partial charge in [-0.3, -0.25) is 9.78 Å². The number of nitrogens with zero attached hydrogens (tertiary/aromatic N) is 3. The Balaban J connectivity index is 1.65. The molecule has 1 aliphatic heterocycles. The zero-order chi connectivity index (χ0) is 17.9. The minimum absolute atomic E-state index is 0.0651. The van der Waals surface area contributed by atoms with Gasteiger partial charge in [0.2, 0.25) is 5.91 Å². The molecule has 1 aliphatic carbocycles. The van der Waals surface area contributed by atoms with Crippen LogP contribution in [0.4, 0.5) is 14.5 Å². The Morgan fingerprint density at radius 2 is 2.24 bits per heavy atom. The summed E-state index contributed by atoms with van der Waals surface area (Å²) in [5.41, 5.74) is 1.19. The van der Waals surface area contributed by atoms with Crippen LogP contribution in [0, 0.1) is 17.2 Å². The first kappa shape index (κ1) is 17.6. The smallest absolute Gasteiger partial charge is 0.267 e. The normalized spacial score (nSPS) is 25.4. The van der Waals surface area contributed by atoms with Crippen LogP contribution in [0.15, 0.2) is 18.5 Å². The second kappa shape index (κ2) is 7.34. The number of aromatic nitrogens is 1. The summed E-state index contributed by atoms with van der Waals surface area (Å²) in [6.45, 7) is -0.320. The zero-order valence-corrected chi connectivity index (χ0v) is 14.0. The number of amides is 1. The number of hydrogen-bond donors (Lipinski definition) is 1. The van der Waals surface area contributed by atoms with Crippen LogP contribution >= 0.6 is 0 Å². The first-order chi connectivity index (χ1) is 12.0. The molecule has 1 saturated heterocycles. The summed E-state index contributed by atoms with van der Waals surface area (Å²) in [4.78, 5) is 17.7. The molecule has 2 heterocycles. The predicted molar refractivity (Wildman–Crippen MR) is 89.1 cm³/mol. The van der Waals surface area contributed by atoms with Crippen LogP contribution < -0.4 is 5.32 Å². The first-order valence-electron chi connectivity index (χ1n) is 8.75. The molecular weight excluding hydrogens is 326 g/mol. The van der Waals surface area contributed by atoms with Gasteiger partial charge in [0, 0.05) is 37.8 Å². The maximum Gasteiger partial charge on any atom is 0.267 e. The van der Waals surface area contributed by atoms with E-state index in [1.54, 1.807) is 12.3 Å². The van der Waals surface area contributed by atoms with Crippen molar-refractivity contribution in [1.82, 2.24) is 9.88 Å². The van der Waals surface area contributed by atoms with E-state index < -0.39 is 12.5 Å². The largest absolute Gasteiger partial charge is 0.381 e. The monoisotopic (exact) mass is 348 g/mol. The Kier molecular flexibility index (Phi) is 5.16.